The smallest absolute Gasteiger partial charge is 0.112 e. The van der Waals surface area contributed by atoms with Crippen LogP contribution in [0.5, 0.6) is 0 Å². The molecule has 0 aliphatic heterocycles. The van der Waals surface area contributed by atoms with Crippen LogP contribution in [0.15, 0.2) is 30.6 Å². The first-order valence-corrected chi connectivity index (χ1v) is 7.08. The van der Waals surface area contributed by atoms with Crippen LogP contribution in [0.1, 0.15) is 23.9 Å². The zero-order valence-electron chi connectivity index (χ0n) is 12.5. The SMILES string of the molecule is CCc1nccn1-c1ccc(C)cc1CNCCOC. The van der Waals surface area contributed by atoms with E-state index in [9.17, 15) is 0 Å². The Morgan fingerprint density at radius 3 is 2.95 bits per heavy atom. The number of benzene rings is 1. The van der Waals surface area contributed by atoms with E-state index in [0.717, 1.165) is 31.9 Å². The highest BCUT2D eigenvalue weighted by Gasteiger charge is 2.08. The molecule has 0 unspecified atom stereocenters. The summed E-state index contributed by atoms with van der Waals surface area (Å²) < 4.78 is 7.24. The van der Waals surface area contributed by atoms with Gasteiger partial charge in [0.05, 0.1) is 12.3 Å². The molecule has 0 saturated heterocycles. The molecule has 1 aromatic carbocycles. The van der Waals surface area contributed by atoms with Gasteiger partial charge in [-0.3, -0.25) is 0 Å². The van der Waals surface area contributed by atoms with Crippen LogP contribution in [0, 0.1) is 6.92 Å². The summed E-state index contributed by atoms with van der Waals surface area (Å²) in [6.07, 6.45) is 4.82. The van der Waals surface area contributed by atoms with Gasteiger partial charge in [0, 0.05) is 39.0 Å². The number of ether oxygens (including phenoxy) is 1. The molecule has 0 aliphatic carbocycles. The Kier molecular flexibility index (Phi) is 5.32. The summed E-state index contributed by atoms with van der Waals surface area (Å²) in [6.45, 7) is 6.67. The van der Waals surface area contributed by atoms with Crippen molar-refractivity contribution in [2.45, 2.75) is 26.8 Å². The van der Waals surface area contributed by atoms with E-state index in [1.54, 1.807) is 7.11 Å². The number of aromatic nitrogens is 2. The van der Waals surface area contributed by atoms with Gasteiger partial charge in [-0.1, -0.05) is 24.6 Å². The number of nitrogens with zero attached hydrogens (tertiary/aromatic N) is 2. The van der Waals surface area contributed by atoms with E-state index in [-0.39, 0.29) is 0 Å². The molecule has 1 aromatic heterocycles. The van der Waals surface area contributed by atoms with Crippen molar-refractivity contribution < 1.29 is 4.74 Å². The van der Waals surface area contributed by atoms with E-state index in [4.69, 9.17) is 4.74 Å². The van der Waals surface area contributed by atoms with Gasteiger partial charge in [-0.05, 0) is 18.6 Å². The number of hydrogen-bond donors (Lipinski definition) is 1. The third-order valence-corrected chi connectivity index (χ3v) is 3.33. The Balaban J connectivity index is 2.24. The van der Waals surface area contributed by atoms with E-state index in [2.05, 4.69) is 46.9 Å². The molecule has 108 valence electrons. The first kappa shape index (κ1) is 14.8. The lowest BCUT2D eigenvalue weighted by Crippen LogP contribution is -2.19. The molecule has 0 saturated carbocycles. The van der Waals surface area contributed by atoms with Crippen LogP contribution in [0.4, 0.5) is 0 Å². The summed E-state index contributed by atoms with van der Waals surface area (Å²) >= 11 is 0. The first-order chi connectivity index (χ1) is 9.76. The molecule has 0 radical (unpaired) electrons. The number of hydrogen-bond acceptors (Lipinski definition) is 3. The average molecular weight is 273 g/mol. The van der Waals surface area contributed by atoms with E-state index in [1.165, 1.54) is 16.8 Å². The minimum atomic E-state index is 0.729. The van der Waals surface area contributed by atoms with Gasteiger partial charge in [-0.25, -0.2) is 4.98 Å². The van der Waals surface area contributed by atoms with Gasteiger partial charge in [-0.2, -0.15) is 0 Å². The largest absolute Gasteiger partial charge is 0.383 e. The van der Waals surface area contributed by atoms with Crippen LogP contribution < -0.4 is 5.32 Å². The second-order valence-electron chi connectivity index (χ2n) is 4.87. The summed E-state index contributed by atoms with van der Waals surface area (Å²) in [6, 6.07) is 6.55. The van der Waals surface area contributed by atoms with Crippen molar-refractivity contribution in [2.24, 2.45) is 0 Å². The highest BCUT2D eigenvalue weighted by atomic mass is 16.5. The van der Waals surface area contributed by atoms with E-state index >= 15 is 0 Å². The average Bonchev–Trinajstić information content (AvgIpc) is 2.92. The van der Waals surface area contributed by atoms with Crippen LogP contribution >= 0.6 is 0 Å². The van der Waals surface area contributed by atoms with E-state index in [0.29, 0.717) is 0 Å². The second-order valence-corrected chi connectivity index (χ2v) is 4.87. The highest BCUT2D eigenvalue weighted by Crippen LogP contribution is 2.18. The molecule has 0 amide bonds. The lowest BCUT2D eigenvalue weighted by atomic mass is 10.1. The quantitative estimate of drug-likeness (QED) is 0.788. The summed E-state index contributed by atoms with van der Waals surface area (Å²) in [5.41, 5.74) is 3.76. The monoisotopic (exact) mass is 273 g/mol. The summed E-state index contributed by atoms with van der Waals surface area (Å²) in [5, 5.41) is 3.41. The van der Waals surface area contributed by atoms with Crippen molar-refractivity contribution in [3.8, 4) is 5.69 Å². The lowest BCUT2D eigenvalue weighted by Gasteiger charge is -2.14. The topological polar surface area (TPSA) is 39.1 Å². The second kappa shape index (κ2) is 7.22. The molecule has 1 heterocycles. The van der Waals surface area contributed by atoms with Crippen molar-refractivity contribution in [1.82, 2.24) is 14.9 Å². The standard InChI is InChI=1S/C16H23N3O/c1-4-16-18-7-9-19(16)15-6-5-13(2)11-14(15)12-17-8-10-20-3/h5-7,9,11,17H,4,8,10,12H2,1-3H3. The fourth-order valence-corrected chi connectivity index (χ4v) is 2.30. The maximum Gasteiger partial charge on any atom is 0.112 e. The van der Waals surface area contributed by atoms with Crippen LogP contribution in [0.25, 0.3) is 5.69 Å². The molecule has 2 aromatic rings. The molecule has 0 aliphatic rings. The molecule has 0 fully saturated rings. The molecule has 20 heavy (non-hydrogen) atoms. The molecule has 4 heteroatoms. The number of rotatable bonds is 7. The predicted molar refractivity (Wildman–Crippen MR) is 81.3 cm³/mol. The molecule has 0 bridgehead atoms. The Hall–Kier alpha value is -1.65. The minimum Gasteiger partial charge on any atom is -0.383 e. The normalized spacial score (nSPS) is 10.9. The molecule has 4 nitrogen and oxygen atoms in total. The third-order valence-electron chi connectivity index (χ3n) is 3.33. The number of aryl methyl sites for hydroxylation is 2. The zero-order chi connectivity index (χ0) is 14.4. The Morgan fingerprint density at radius 2 is 2.20 bits per heavy atom. The third kappa shape index (κ3) is 3.46. The number of methoxy groups -OCH3 is 1. The van der Waals surface area contributed by atoms with Crippen LogP contribution in [-0.2, 0) is 17.7 Å². The maximum absolute atomic E-state index is 5.06. The first-order valence-electron chi connectivity index (χ1n) is 7.08. The van der Waals surface area contributed by atoms with Crippen molar-refractivity contribution in [2.75, 3.05) is 20.3 Å². The van der Waals surface area contributed by atoms with E-state index in [1.807, 2.05) is 12.4 Å². The maximum atomic E-state index is 5.06. The summed E-state index contributed by atoms with van der Waals surface area (Å²) in [7, 11) is 1.72. The van der Waals surface area contributed by atoms with E-state index < -0.39 is 0 Å². The fourth-order valence-electron chi connectivity index (χ4n) is 2.30. The Labute approximate surface area is 120 Å². The summed E-state index contributed by atoms with van der Waals surface area (Å²) in [5.74, 6) is 1.09. The molecule has 1 N–H and O–H groups in total. The molecule has 0 spiro atoms. The van der Waals surface area contributed by atoms with Crippen LogP contribution in [0.2, 0.25) is 0 Å². The fraction of sp³-hybridized carbons (Fsp3) is 0.438. The number of imidazole rings is 1. The van der Waals surface area contributed by atoms with Crippen molar-refractivity contribution in [1.29, 1.82) is 0 Å². The molecule has 2 rings (SSSR count). The van der Waals surface area contributed by atoms with Crippen molar-refractivity contribution in [3.63, 3.8) is 0 Å². The van der Waals surface area contributed by atoms with Crippen molar-refractivity contribution in [3.05, 3.63) is 47.5 Å². The van der Waals surface area contributed by atoms with Gasteiger partial charge in [0.1, 0.15) is 5.82 Å². The summed E-state index contributed by atoms with van der Waals surface area (Å²) in [4.78, 5) is 4.41. The van der Waals surface area contributed by atoms with Crippen LogP contribution in [0.3, 0.4) is 0 Å². The van der Waals surface area contributed by atoms with Gasteiger partial charge < -0.3 is 14.6 Å². The highest BCUT2D eigenvalue weighted by molar-refractivity contribution is 5.44. The van der Waals surface area contributed by atoms with Gasteiger partial charge in [0.25, 0.3) is 0 Å². The van der Waals surface area contributed by atoms with Crippen LogP contribution in [-0.4, -0.2) is 29.8 Å². The van der Waals surface area contributed by atoms with Gasteiger partial charge in [0.2, 0.25) is 0 Å². The predicted octanol–water partition coefficient (Wildman–Crippen LogP) is 2.48. The zero-order valence-corrected chi connectivity index (χ0v) is 12.5. The van der Waals surface area contributed by atoms with Gasteiger partial charge >= 0.3 is 0 Å². The Morgan fingerprint density at radius 1 is 1.35 bits per heavy atom. The van der Waals surface area contributed by atoms with Crippen molar-refractivity contribution >= 4 is 0 Å². The molecular formula is C16H23N3O. The lowest BCUT2D eigenvalue weighted by molar-refractivity contribution is 0.199. The minimum absolute atomic E-state index is 0.729. The Bertz CT molecular complexity index is 548. The molecular weight excluding hydrogens is 250 g/mol. The van der Waals surface area contributed by atoms with Gasteiger partial charge in [-0.15, -0.1) is 0 Å². The molecule has 0 atom stereocenters. The van der Waals surface area contributed by atoms with Gasteiger partial charge in [0.15, 0.2) is 0 Å². The number of nitrogens with one attached hydrogen (secondary N) is 1.